The standard InChI is InChI=1S/C20H34O/c1-7-17(4)11-9-12-18(5)14-15-20(21)19(6)13-8-10-16(2)3/h7,10,12,21H,8-9,11,13-15H2,1-6H3/b17-7+,18-12+,20-19+. The lowest BCUT2D eigenvalue weighted by Crippen LogP contribution is -1.90. The highest BCUT2D eigenvalue weighted by Gasteiger charge is 2.01. The van der Waals surface area contributed by atoms with E-state index in [2.05, 4.69) is 52.8 Å². The van der Waals surface area contributed by atoms with E-state index in [1.165, 1.54) is 16.7 Å². The van der Waals surface area contributed by atoms with E-state index in [0.29, 0.717) is 5.76 Å². The molecule has 0 aromatic carbocycles. The van der Waals surface area contributed by atoms with Crippen molar-refractivity contribution in [1.82, 2.24) is 0 Å². The molecule has 0 fully saturated rings. The van der Waals surface area contributed by atoms with E-state index in [-0.39, 0.29) is 0 Å². The van der Waals surface area contributed by atoms with Gasteiger partial charge in [0.05, 0.1) is 5.76 Å². The van der Waals surface area contributed by atoms with Gasteiger partial charge in [-0.2, -0.15) is 0 Å². The van der Waals surface area contributed by atoms with Crippen LogP contribution < -0.4 is 0 Å². The highest BCUT2D eigenvalue weighted by Crippen LogP contribution is 2.17. The van der Waals surface area contributed by atoms with Crippen molar-refractivity contribution in [2.45, 2.75) is 80.1 Å². The quantitative estimate of drug-likeness (QED) is 0.356. The van der Waals surface area contributed by atoms with Crippen LogP contribution in [-0.4, -0.2) is 5.11 Å². The van der Waals surface area contributed by atoms with Crippen molar-refractivity contribution in [3.05, 3.63) is 46.3 Å². The molecule has 0 aromatic rings. The van der Waals surface area contributed by atoms with Crippen LogP contribution in [0.4, 0.5) is 0 Å². The smallest absolute Gasteiger partial charge is 0.0915 e. The molecule has 0 radical (unpaired) electrons. The van der Waals surface area contributed by atoms with E-state index in [9.17, 15) is 5.11 Å². The van der Waals surface area contributed by atoms with Crippen LogP contribution in [0.1, 0.15) is 80.1 Å². The molecule has 0 aliphatic carbocycles. The first-order valence-electron chi connectivity index (χ1n) is 8.15. The fourth-order valence-electron chi connectivity index (χ4n) is 2.04. The summed E-state index contributed by atoms with van der Waals surface area (Å²) in [4.78, 5) is 0. The molecule has 1 N–H and O–H groups in total. The molecule has 0 rings (SSSR count). The predicted octanol–water partition coefficient (Wildman–Crippen LogP) is 7.04. The lowest BCUT2D eigenvalue weighted by atomic mass is 10.0. The Morgan fingerprint density at radius 3 is 1.95 bits per heavy atom. The number of hydrogen-bond donors (Lipinski definition) is 1. The summed E-state index contributed by atoms with van der Waals surface area (Å²) in [6.07, 6.45) is 12.7. The number of hydrogen-bond acceptors (Lipinski definition) is 1. The molecule has 0 amide bonds. The van der Waals surface area contributed by atoms with Gasteiger partial charge in [-0.05, 0) is 79.2 Å². The Kier molecular flexibility index (Phi) is 10.7. The summed E-state index contributed by atoms with van der Waals surface area (Å²) in [5.41, 5.74) is 5.29. The Morgan fingerprint density at radius 1 is 0.762 bits per heavy atom. The van der Waals surface area contributed by atoms with E-state index < -0.39 is 0 Å². The van der Waals surface area contributed by atoms with Gasteiger partial charge in [0.1, 0.15) is 0 Å². The third kappa shape index (κ3) is 11.1. The molecule has 21 heavy (non-hydrogen) atoms. The summed E-state index contributed by atoms with van der Waals surface area (Å²) in [5.74, 6) is 0.578. The van der Waals surface area contributed by atoms with Crippen LogP contribution in [-0.2, 0) is 0 Å². The largest absolute Gasteiger partial charge is 0.512 e. The van der Waals surface area contributed by atoms with E-state index in [1.807, 2.05) is 6.92 Å². The van der Waals surface area contributed by atoms with Gasteiger partial charge < -0.3 is 5.11 Å². The summed E-state index contributed by atoms with van der Waals surface area (Å²) in [6.45, 7) is 12.7. The molecule has 1 heteroatoms. The zero-order valence-corrected chi connectivity index (χ0v) is 14.9. The summed E-state index contributed by atoms with van der Waals surface area (Å²) in [5, 5.41) is 10.1. The van der Waals surface area contributed by atoms with E-state index in [1.54, 1.807) is 0 Å². The summed E-state index contributed by atoms with van der Waals surface area (Å²) < 4.78 is 0. The Hall–Kier alpha value is -1.24. The van der Waals surface area contributed by atoms with Crippen LogP contribution in [0.3, 0.4) is 0 Å². The average Bonchev–Trinajstić information content (AvgIpc) is 2.43. The minimum Gasteiger partial charge on any atom is -0.512 e. The molecule has 0 saturated carbocycles. The van der Waals surface area contributed by atoms with Gasteiger partial charge in [-0.25, -0.2) is 0 Å². The first-order valence-corrected chi connectivity index (χ1v) is 8.15. The summed E-state index contributed by atoms with van der Waals surface area (Å²) >= 11 is 0. The molecular weight excluding hydrogens is 256 g/mol. The van der Waals surface area contributed by atoms with Crippen molar-refractivity contribution >= 4 is 0 Å². The van der Waals surface area contributed by atoms with Crippen molar-refractivity contribution < 1.29 is 5.11 Å². The lowest BCUT2D eigenvalue weighted by Gasteiger charge is -2.06. The van der Waals surface area contributed by atoms with Crippen LogP contribution >= 0.6 is 0 Å². The normalized spacial score (nSPS) is 14.0. The number of aliphatic hydroxyl groups excluding tert-OH is 1. The van der Waals surface area contributed by atoms with Crippen LogP contribution in [0.5, 0.6) is 0 Å². The maximum atomic E-state index is 10.1. The molecule has 0 aliphatic heterocycles. The van der Waals surface area contributed by atoms with Gasteiger partial charge in [0.2, 0.25) is 0 Å². The fourth-order valence-corrected chi connectivity index (χ4v) is 2.04. The van der Waals surface area contributed by atoms with E-state index in [4.69, 9.17) is 0 Å². The van der Waals surface area contributed by atoms with Crippen molar-refractivity contribution in [3.8, 4) is 0 Å². The van der Waals surface area contributed by atoms with E-state index >= 15 is 0 Å². The van der Waals surface area contributed by atoms with Crippen molar-refractivity contribution in [2.24, 2.45) is 0 Å². The van der Waals surface area contributed by atoms with Crippen molar-refractivity contribution in [1.29, 1.82) is 0 Å². The van der Waals surface area contributed by atoms with Gasteiger partial charge in [0.15, 0.2) is 0 Å². The molecule has 0 spiro atoms. The molecule has 0 bridgehead atoms. The first kappa shape index (κ1) is 19.8. The number of allylic oxidation sites excluding steroid dienone is 8. The lowest BCUT2D eigenvalue weighted by molar-refractivity contribution is 0.378. The van der Waals surface area contributed by atoms with Gasteiger partial charge in [-0.3, -0.25) is 0 Å². The Bertz CT molecular complexity index is 415. The predicted molar refractivity (Wildman–Crippen MR) is 95.6 cm³/mol. The second kappa shape index (κ2) is 11.4. The monoisotopic (exact) mass is 290 g/mol. The summed E-state index contributed by atoms with van der Waals surface area (Å²) in [7, 11) is 0. The van der Waals surface area contributed by atoms with Gasteiger partial charge >= 0.3 is 0 Å². The van der Waals surface area contributed by atoms with Gasteiger partial charge in [-0.15, -0.1) is 0 Å². The Labute approximate surface area is 132 Å². The third-order valence-corrected chi connectivity index (χ3v) is 3.84. The number of rotatable bonds is 9. The fraction of sp³-hybridized carbons (Fsp3) is 0.600. The topological polar surface area (TPSA) is 20.2 Å². The maximum Gasteiger partial charge on any atom is 0.0915 e. The van der Waals surface area contributed by atoms with Crippen LogP contribution in [0.25, 0.3) is 0 Å². The summed E-state index contributed by atoms with van der Waals surface area (Å²) in [6, 6.07) is 0. The van der Waals surface area contributed by atoms with Crippen molar-refractivity contribution in [2.75, 3.05) is 0 Å². The minimum absolute atomic E-state index is 0.578. The molecule has 0 heterocycles. The van der Waals surface area contributed by atoms with Gasteiger partial charge in [-0.1, -0.05) is 34.9 Å². The van der Waals surface area contributed by atoms with Crippen molar-refractivity contribution in [3.63, 3.8) is 0 Å². The molecule has 0 aromatic heterocycles. The second-order valence-electron chi connectivity index (χ2n) is 6.27. The van der Waals surface area contributed by atoms with Crippen LogP contribution in [0.15, 0.2) is 46.3 Å². The molecule has 0 saturated heterocycles. The molecule has 1 nitrogen and oxygen atoms in total. The zero-order valence-electron chi connectivity index (χ0n) is 14.9. The third-order valence-electron chi connectivity index (χ3n) is 3.84. The van der Waals surface area contributed by atoms with Crippen LogP contribution in [0, 0.1) is 0 Å². The molecule has 0 atom stereocenters. The molecule has 120 valence electrons. The Balaban J connectivity index is 4.17. The maximum absolute atomic E-state index is 10.1. The number of aliphatic hydroxyl groups is 1. The molecule has 0 aliphatic rings. The Morgan fingerprint density at radius 2 is 1.38 bits per heavy atom. The average molecular weight is 290 g/mol. The highest BCUT2D eigenvalue weighted by molar-refractivity contribution is 5.10. The highest BCUT2D eigenvalue weighted by atomic mass is 16.3. The molecule has 0 unspecified atom stereocenters. The second-order valence-corrected chi connectivity index (χ2v) is 6.27. The SMILES string of the molecule is C/C=C(\C)CC/C=C(\C)CC/C(O)=C(/C)CCC=C(C)C. The van der Waals surface area contributed by atoms with Crippen LogP contribution in [0.2, 0.25) is 0 Å². The van der Waals surface area contributed by atoms with E-state index in [0.717, 1.165) is 44.1 Å². The van der Waals surface area contributed by atoms with Gasteiger partial charge in [0.25, 0.3) is 0 Å². The zero-order chi connectivity index (χ0) is 16.3. The minimum atomic E-state index is 0.578. The molecular formula is C20H34O. The first-order chi connectivity index (χ1) is 9.86. The van der Waals surface area contributed by atoms with Gasteiger partial charge in [0, 0.05) is 6.42 Å².